The van der Waals surface area contributed by atoms with E-state index in [4.69, 9.17) is 0 Å². The van der Waals surface area contributed by atoms with E-state index in [1.807, 2.05) is 36.4 Å². The summed E-state index contributed by atoms with van der Waals surface area (Å²) < 4.78 is 0. The van der Waals surface area contributed by atoms with E-state index >= 15 is 0 Å². The van der Waals surface area contributed by atoms with Crippen molar-refractivity contribution in [3.8, 4) is 0 Å². The van der Waals surface area contributed by atoms with Crippen LogP contribution in [0.5, 0.6) is 0 Å². The second-order valence-corrected chi connectivity index (χ2v) is 4.93. The first-order chi connectivity index (χ1) is 9.20. The zero-order valence-corrected chi connectivity index (χ0v) is 11.8. The third kappa shape index (κ3) is 3.61. The quantitative estimate of drug-likeness (QED) is 0.803. The van der Waals surface area contributed by atoms with Gasteiger partial charge in [-0.2, -0.15) is 0 Å². The van der Waals surface area contributed by atoms with Crippen LogP contribution >= 0.6 is 12.6 Å². The molecule has 2 nitrogen and oxygen atoms in total. The van der Waals surface area contributed by atoms with Crippen molar-refractivity contribution in [2.45, 2.75) is 24.7 Å². The third-order valence-electron chi connectivity index (χ3n) is 2.89. The average Bonchev–Trinajstić information content (AvgIpc) is 2.41. The maximum atomic E-state index is 12.2. The Kier molecular flexibility index (Phi) is 4.63. The number of thiol groups is 1. The molecule has 98 valence electrons. The van der Waals surface area contributed by atoms with E-state index in [2.05, 4.69) is 24.9 Å². The van der Waals surface area contributed by atoms with Gasteiger partial charge in [-0.05, 0) is 36.2 Å². The molecule has 0 aromatic heterocycles. The normalized spacial score (nSPS) is 10.2. The number of para-hydroxylation sites is 1. The number of benzene rings is 2. The molecule has 2 aromatic carbocycles. The number of hydrogen-bond acceptors (Lipinski definition) is 2. The predicted octanol–water partition coefficient (Wildman–Crippen LogP) is 4.18. The minimum Gasteiger partial charge on any atom is -0.322 e. The summed E-state index contributed by atoms with van der Waals surface area (Å²) in [6.45, 7) is 2.13. The van der Waals surface area contributed by atoms with Crippen molar-refractivity contribution in [3.05, 3.63) is 59.7 Å². The van der Waals surface area contributed by atoms with Crippen LogP contribution in [0.4, 0.5) is 5.69 Å². The van der Waals surface area contributed by atoms with Crippen LogP contribution < -0.4 is 5.32 Å². The van der Waals surface area contributed by atoms with Gasteiger partial charge in [0.25, 0.3) is 5.91 Å². The van der Waals surface area contributed by atoms with Crippen LogP contribution in [-0.4, -0.2) is 5.91 Å². The summed E-state index contributed by atoms with van der Waals surface area (Å²) in [5, 5.41) is 2.97. The van der Waals surface area contributed by atoms with Gasteiger partial charge in [-0.15, -0.1) is 12.6 Å². The van der Waals surface area contributed by atoms with E-state index in [-0.39, 0.29) is 5.91 Å². The fourth-order valence-electron chi connectivity index (χ4n) is 1.97. The highest BCUT2D eigenvalue weighted by Crippen LogP contribution is 2.18. The van der Waals surface area contributed by atoms with Crippen LogP contribution in [0.25, 0.3) is 0 Å². The van der Waals surface area contributed by atoms with Gasteiger partial charge in [0.1, 0.15) is 0 Å². The number of hydrogen-bond donors (Lipinski definition) is 2. The number of carbonyl (C=O) groups excluding carboxylic acids is 1. The van der Waals surface area contributed by atoms with Gasteiger partial charge in [-0.25, -0.2) is 0 Å². The monoisotopic (exact) mass is 271 g/mol. The zero-order chi connectivity index (χ0) is 13.7. The Morgan fingerprint density at radius 3 is 2.68 bits per heavy atom. The van der Waals surface area contributed by atoms with Crippen molar-refractivity contribution in [1.29, 1.82) is 0 Å². The number of rotatable bonds is 4. The summed E-state index contributed by atoms with van der Waals surface area (Å²) >= 11 is 4.25. The maximum Gasteiger partial charge on any atom is 0.255 e. The van der Waals surface area contributed by atoms with Crippen LogP contribution in [0.2, 0.25) is 0 Å². The second-order valence-electron chi connectivity index (χ2n) is 4.41. The van der Waals surface area contributed by atoms with Gasteiger partial charge in [-0.3, -0.25) is 4.79 Å². The summed E-state index contributed by atoms with van der Waals surface area (Å²) in [7, 11) is 0. The molecule has 2 aromatic rings. The van der Waals surface area contributed by atoms with Crippen molar-refractivity contribution in [3.63, 3.8) is 0 Å². The molecule has 0 fully saturated rings. The van der Waals surface area contributed by atoms with Crippen LogP contribution in [0.15, 0.2) is 53.4 Å². The van der Waals surface area contributed by atoms with Gasteiger partial charge >= 0.3 is 0 Å². The molecule has 0 saturated carbocycles. The first-order valence-corrected chi connectivity index (χ1v) is 6.83. The minimum atomic E-state index is -0.0977. The molecule has 19 heavy (non-hydrogen) atoms. The average molecular weight is 271 g/mol. The molecule has 0 bridgehead atoms. The molecule has 0 aliphatic heterocycles. The molecule has 0 radical (unpaired) electrons. The SMILES string of the molecule is CCCc1ccccc1NC(=O)c1cccc(S)c1. The highest BCUT2D eigenvalue weighted by atomic mass is 32.1. The summed E-state index contributed by atoms with van der Waals surface area (Å²) in [6, 6.07) is 15.2. The molecule has 0 saturated heterocycles. The van der Waals surface area contributed by atoms with E-state index in [1.54, 1.807) is 12.1 Å². The molecule has 1 N–H and O–H groups in total. The lowest BCUT2D eigenvalue weighted by Crippen LogP contribution is -2.13. The van der Waals surface area contributed by atoms with E-state index in [9.17, 15) is 4.79 Å². The Hall–Kier alpha value is -1.74. The maximum absolute atomic E-state index is 12.2. The molecule has 0 spiro atoms. The van der Waals surface area contributed by atoms with Crippen LogP contribution in [-0.2, 0) is 6.42 Å². The van der Waals surface area contributed by atoms with Crippen molar-refractivity contribution >= 4 is 24.2 Å². The van der Waals surface area contributed by atoms with Crippen molar-refractivity contribution in [2.24, 2.45) is 0 Å². The predicted molar refractivity (Wildman–Crippen MR) is 82.1 cm³/mol. The Morgan fingerprint density at radius 1 is 1.16 bits per heavy atom. The van der Waals surface area contributed by atoms with Gasteiger partial charge < -0.3 is 5.32 Å². The lowest BCUT2D eigenvalue weighted by atomic mass is 10.1. The molecular weight excluding hydrogens is 254 g/mol. The molecule has 0 unspecified atom stereocenters. The Labute approximate surface area is 119 Å². The highest BCUT2D eigenvalue weighted by molar-refractivity contribution is 7.80. The molecule has 0 aliphatic carbocycles. The van der Waals surface area contributed by atoms with Gasteiger partial charge in [0.15, 0.2) is 0 Å². The third-order valence-corrected chi connectivity index (χ3v) is 3.17. The molecule has 2 rings (SSSR count). The lowest BCUT2D eigenvalue weighted by Gasteiger charge is -2.10. The minimum absolute atomic E-state index is 0.0977. The number of anilines is 1. The van der Waals surface area contributed by atoms with Crippen LogP contribution in [0.3, 0.4) is 0 Å². The smallest absolute Gasteiger partial charge is 0.255 e. The zero-order valence-electron chi connectivity index (χ0n) is 10.9. The molecule has 1 amide bonds. The molecule has 0 heterocycles. The second kappa shape index (κ2) is 6.43. The Morgan fingerprint density at radius 2 is 1.95 bits per heavy atom. The summed E-state index contributed by atoms with van der Waals surface area (Å²) in [5.74, 6) is -0.0977. The molecule has 3 heteroatoms. The fourth-order valence-corrected chi connectivity index (χ4v) is 2.20. The van der Waals surface area contributed by atoms with Crippen molar-refractivity contribution in [1.82, 2.24) is 0 Å². The summed E-state index contributed by atoms with van der Waals surface area (Å²) in [5.41, 5.74) is 2.68. The Bertz CT molecular complexity index is 580. The number of carbonyl (C=O) groups is 1. The first kappa shape index (κ1) is 13.7. The largest absolute Gasteiger partial charge is 0.322 e. The first-order valence-electron chi connectivity index (χ1n) is 6.39. The molecular formula is C16H17NOS. The summed E-state index contributed by atoms with van der Waals surface area (Å²) in [6.07, 6.45) is 2.02. The van der Waals surface area contributed by atoms with Gasteiger partial charge in [-0.1, -0.05) is 37.6 Å². The molecule has 0 aliphatic rings. The van der Waals surface area contributed by atoms with Crippen molar-refractivity contribution < 1.29 is 4.79 Å². The van der Waals surface area contributed by atoms with Crippen LogP contribution in [0, 0.1) is 0 Å². The fraction of sp³-hybridized carbons (Fsp3) is 0.188. The van der Waals surface area contributed by atoms with E-state index in [0.717, 1.165) is 23.4 Å². The van der Waals surface area contributed by atoms with E-state index in [0.29, 0.717) is 5.56 Å². The van der Waals surface area contributed by atoms with E-state index < -0.39 is 0 Å². The Balaban J connectivity index is 2.19. The van der Waals surface area contributed by atoms with Crippen LogP contribution in [0.1, 0.15) is 29.3 Å². The van der Waals surface area contributed by atoms with Crippen molar-refractivity contribution in [2.75, 3.05) is 5.32 Å². The summed E-state index contributed by atoms with van der Waals surface area (Å²) in [4.78, 5) is 13.0. The highest BCUT2D eigenvalue weighted by Gasteiger charge is 2.08. The standard InChI is InChI=1S/C16H17NOS/c1-2-6-12-7-3-4-10-15(12)17-16(18)13-8-5-9-14(19)11-13/h3-5,7-11,19H,2,6H2,1H3,(H,17,18). The van der Waals surface area contributed by atoms with E-state index in [1.165, 1.54) is 5.56 Å². The van der Waals surface area contributed by atoms with Gasteiger partial charge in [0.2, 0.25) is 0 Å². The van der Waals surface area contributed by atoms with Gasteiger partial charge in [0.05, 0.1) is 0 Å². The lowest BCUT2D eigenvalue weighted by molar-refractivity contribution is 0.102. The molecule has 0 atom stereocenters. The number of amides is 1. The van der Waals surface area contributed by atoms with Gasteiger partial charge in [0, 0.05) is 16.1 Å². The number of aryl methyl sites for hydroxylation is 1. The topological polar surface area (TPSA) is 29.1 Å². The number of nitrogens with one attached hydrogen (secondary N) is 1.